The van der Waals surface area contributed by atoms with Gasteiger partial charge in [0.1, 0.15) is 5.82 Å². The zero-order valence-electron chi connectivity index (χ0n) is 17.7. The molecule has 2 fully saturated rings. The minimum Gasteiger partial charge on any atom is -0.385 e. The van der Waals surface area contributed by atoms with E-state index in [1.807, 2.05) is 6.07 Å². The Balaban J connectivity index is 0.00000300. The van der Waals surface area contributed by atoms with Gasteiger partial charge >= 0.3 is 0 Å². The van der Waals surface area contributed by atoms with E-state index in [0.29, 0.717) is 12.6 Å². The molecule has 1 aromatic rings. The van der Waals surface area contributed by atoms with Crippen molar-refractivity contribution in [2.75, 3.05) is 46.5 Å². The van der Waals surface area contributed by atoms with E-state index < -0.39 is 0 Å². The van der Waals surface area contributed by atoms with Gasteiger partial charge in [0.05, 0.1) is 12.6 Å². The minimum absolute atomic E-state index is 0. The molecule has 0 aromatic heterocycles. The van der Waals surface area contributed by atoms with Crippen molar-refractivity contribution >= 4 is 29.9 Å². The molecule has 2 aliphatic rings. The predicted molar refractivity (Wildman–Crippen MR) is 126 cm³/mol. The van der Waals surface area contributed by atoms with Crippen molar-refractivity contribution in [3.63, 3.8) is 0 Å². The van der Waals surface area contributed by atoms with Gasteiger partial charge in [0.15, 0.2) is 5.96 Å². The lowest BCUT2D eigenvalue weighted by Gasteiger charge is -2.34. The summed E-state index contributed by atoms with van der Waals surface area (Å²) in [6, 6.07) is 7.01. The highest BCUT2D eigenvalue weighted by molar-refractivity contribution is 14.0. The lowest BCUT2D eigenvalue weighted by Crippen LogP contribution is -2.47. The quantitative estimate of drug-likeness (QED) is 0.232. The van der Waals surface area contributed by atoms with Crippen LogP contribution < -0.4 is 5.32 Å². The summed E-state index contributed by atoms with van der Waals surface area (Å²) in [5, 5.41) is 3.43. The first-order valence-electron chi connectivity index (χ1n) is 10.6. The Kier molecular flexibility index (Phi) is 10.1. The van der Waals surface area contributed by atoms with E-state index in [-0.39, 0.29) is 35.2 Å². The number of halogens is 2. The van der Waals surface area contributed by atoms with Gasteiger partial charge in [-0.15, -0.1) is 24.0 Å². The summed E-state index contributed by atoms with van der Waals surface area (Å²) in [6.07, 6.45) is 5.48. The number of hydrogen-bond donors (Lipinski definition) is 1. The average molecular weight is 519 g/mol. The van der Waals surface area contributed by atoms with Gasteiger partial charge < -0.3 is 19.7 Å². The summed E-state index contributed by atoms with van der Waals surface area (Å²) >= 11 is 0. The molecule has 1 saturated heterocycles. The molecule has 0 spiro atoms. The molecule has 1 N–H and O–H groups in total. The van der Waals surface area contributed by atoms with Gasteiger partial charge in [-0.05, 0) is 56.7 Å². The van der Waals surface area contributed by atoms with Crippen molar-refractivity contribution in [1.29, 1.82) is 0 Å². The number of nitrogens with zero attached hydrogens (tertiary/aromatic N) is 2. The normalized spacial score (nSPS) is 19.0. The Morgan fingerprint density at radius 1 is 1.28 bits per heavy atom. The fourth-order valence-corrected chi connectivity index (χ4v) is 3.85. The van der Waals surface area contributed by atoms with Crippen molar-refractivity contribution in [2.24, 2.45) is 4.99 Å². The van der Waals surface area contributed by atoms with Crippen LogP contribution in [0, 0.1) is 5.82 Å². The van der Waals surface area contributed by atoms with Crippen molar-refractivity contribution in [1.82, 2.24) is 10.2 Å². The molecule has 1 saturated carbocycles. The van der Waals surface area contributed by atoms with Crippen LogP contribution in [-0.2, 0) is 14.9 Å². The van der Waals surface area contributed by atoms with E-state index in [1.165, 1.54) is 6.07 Å². The summed E-state index contributed by atoms with van der Waals surface area (Å²) in [7, 11) is 1.72. The van der Waals surface area contributed by atoms with Crippen molar-refractivity contribution in [2.45, 2.75) is 50.5 Å². The monoisotopic (exact) mass is 519 g/mol. The maximum absolute atomic E-state index is 13.6. The van der Waals surface area contributed by atoms with Crippen LogP contribution in [0.4, 0.5) is 4.39 Å². The van der Waals surface area contributed by atoms with E-state index in [0.717, 1.165) is 76.5 Å². The van der Waals surface area contributed by atoms with E-state index in [1.54, 1.807) is 19.2 Å². The first-order chi connectivity index (χ1) is 13.7. The van der Waals surface area contributed by atoms with Crippen LogP contribution in [-0.4, -0.2) is 63.5 Å². The molecule has 3 rings (SSSR count). The fourth-order valence-electron chi connectivity index (χ4n) is 3.85. The number of hydrogen-bond acceptors (Lipinski definition) is 3. The molecule has 0 atom stereocenters. The number of aliphatic imine (C=N–C) groups is 1. The number of ether oxygens (including phenoxy) is 2. The van der Waals surface area contributed by atoms with Crippen LogP contribution in [0.5, 0.6) is 0 Å². The second-order valence-electron chi connectivity index (χ2n) is 7.86. The number of nitrogens with one attached hydrogen (secondary N) is 1. The van der Waals surface area contributed by atoms with Crippen LogP contribution in [0.25, 0.3) is 0 Å². The second kappa shape index (κ2) is 12.1. The first kappa shape index (κ1) is 24.3. The molecule has 0 amide bonds. The molecule has 5 nitrogen and oxygen atoms in total. The third-order valence-corrected chi connectivity index (χ3v) is 5.74. The number of guanidine groups is 1. The molecule has 1 aliphatic carbocycles. The predicted octanol–water partition coefficient (Wildman–Crippen LogP) is 3.96. The van der Waals surface area contributed by atoms with Gasteiger partial charge in [0.25, 0.3) is 0 Å². The molecular weight excluding hydrogens is 484 g/mol. The largest absolute Gasteiger partial charge is 0.385 e. The summed E-state index contributed by atoms with van der Waals surface area (Å²) < 4.78 is 24.7. The standard InChI is InChI=1S/C22H34FN3O2.HI/c1-3-24-21(26-12-8-20(9-13-26)28-15-5-14-27-2)25-17-22(10-11-22)18-6-4-7-19(23)16-18;/h4,6-7,16,20H,3,5,8-15,17H2,1-2H3,(H,24,25);1H. The Labute approximate surface area is 191 Å². The lowest BCUT2D eigenvalue weighted by molar-refractivity contribution is 0.00990. The van der Waals surface area contributed by atoms with Gasteiger partial charge in [-0.2, -0.15) is 0 Å². The number of likely N-dealkylation sites (tertiary alicyclic amines) is 1. The fraction of sp³-hybridized carbons (Fsp3) is 0.682. The number of piperidine rings is 1. The van der Waals surface area contributed by atoms with E-state index in [4.69, 9.17) is 14.5 Å². The van der Waals surface area contributed by atoms with Crippen LogP contribution in [0.3, 0.4) is 0 Å². The molecule has 0 unspecified atom stereocenters. The smallest absolute Gasteiger partial charge is 0.193 e. The summed E-state index contributed by atoms with van der Waals surface area (Å²) in [5.74, 6) is 0.815. The highest BCUT2D eigenvalue weighted by Gasteiger charge is 2.44. The maximum Gasteiger partial charge on any atom is 0.193 e. The molecule has 1 aliphatic heterocycles. The van der Waals surface area contributed by atoms with Crippen molar-refractivity contribution < 1.29 is 13.9 Å². The second-order valence-corrected chi connectivity index (χ2v) is 7.86. The molecule has 0 radical (unpaired) electrons. The number of methoxy groups -OCH3 is 1. The van der Waals surface area contributed by atoms with Gasteiger partial charge in [-0.3, -0.25) is 4.99 Å². The third-order valence-electron chi connectivity index (χ3n) is 5.74. The van der Waals surface area contributed by atoms with Gasteiger partial charge in [-0.25, -0.2) is 4.39 Å². The SMILES string of the molecule is CCNC(=NCC1(c2cccc(F)c2)CC1)N1CCC(OCCCOC)CC1.I. The van der Waals surface area contributed by atoms with Crippen LogP contribution >= 0.6 is 24.0 Å². The third kappa shape index (κ3) is 7.07. The Morgan fingerprint density at radius 3 is 2.66 bits per heavy atom. The number of benzene rings is 1. The van der Waals surface area contributed by atoms with Gasteiger partial charge in [-0.1, -0.05) is 12.1 Å². The molecule has 0 bridgehead atoms. The topological polar surface area (TPSA) is 46.1 Å². The lowest BCUT2D eigenvalue weighted by atomic mass is 9.96. The Hall–Kier alpha value is -0.930. The summed E-state index contributed by atoms with van der Waals surface area (Å²) in [4.78, 5) is 7.27. The average Bonchev–Trinajstić information content (AvgIpc) is 3.50. The zero-order valence-corrected chi connectivity index (χ0v) is 20.0. The van der Waals surface area contributed by atoms with Gasteiger partial charge in [0, 0.05) is 45.4 Å². The molecule has 1 aromatic carbocycles. The highest BCUT2D eigenvalue weighted by Crippen LogP contribution is 2.48. The maximum atomic E-state index is 13.6. The van der Waals surface area contributed by atoms with E-state index >= 15 is 0 Å². The molecule has 29 heavy (non-hydrogen) atoms. The van der Waals surface area contributed by atoms with Crippen LogP contribution in [0.2, 0.25) is 0 Å². The summed E-state index contributed by atoms with van der Waals surface area (Å²) in [6.45, 7) is 7.08. The minimum atomic E-state index is -0.160. The molecule has 164 valence electrons. The molecule has 7 heteroatoms. The summed E-state index contributed by atoms with van der Waals surface area (Å²) in [5.41, 5.74) is 1.10. The van der Waals surface area contributed by atoms with Crippen LogP contribution in [0.15, 0.2) is 29.3 Å². The zero-order chi connectivity index (χ0) is 19.8. The Bertz CT molecular complexity index is 647. The molecular formula is C22H35FIN3O2. The van der Waals surface area contributed by atoms with Crippen molar-refractivity contribution in [3.05, 3.63) is 35.6 Å². The van der Waals surface area contributed by atoms with Gasteiger partial charge in [0.2, 0.25) is 0 Å². The highest BCUT2D eigenvalue weighted by atomic mass is 127. The first-order valence-corrected chi connectivity index (χ1v) is 10.6. The number of rotatable bonds is 9. The Morgan fingerprint density at radius 2 is 2.03 bits per heavy atom. The molecule has 1 heterocycles. The van der Waals surface area contributed by atoms with Crippen molar-refractivity contribution in [3.8, 4) is 0 Å². The van der Waals surface area contributed by atoms with E-state index in [9.17, 15) is 4.39 Å². The van der Waals surface area contributed by atoms with Crippen LogP contribution in [0.1, 0.15) is 44.6 Å². The van der Waals surface area contributed by atoms with E-state index in [2.05, 4.69) is 17.1 Å².